The van der Waals surface area contributed by atoms with Crippen molar-refractivity contribution in [2.24, 2.45) is 0 Å². The molecule has 8 heteroatoms. The third kappa shape index (κ3) is 4.45. The minimum Gasteiger partial charge on any atom is -0.337 e. The lowest BCUT2D eigenvalue weighted by Crippen LogP contribution is -2.50. The molecule has 0 aliphatic carbocycles. The Morgan fingerprint density at radius 1 is 1.10 bits per heavy atom. The van der Waals surface area contributed by atoms with Crippen molar-refractivity contribution in [1.29, 1.82) is 0 Å². The second-order valence-electron chi connectivity index (χ2n) is 7.17. The van der Waals surface area contributed by atoms with Gasteiger partial charge in [-0.05, 0) is 47.5 Å². The molecule has 2 aromatic carbocycles. The molecule has 30 heavy (non-hydrogen) atoms. The van der Waals surface area contributed by atoms with Crippen LogP contribution in [0.3, 0.4) is 0 Å². The number of rotatable bonds is 6. The predicted molar refractivity (Wildman–Crippen MR) is 114 cm³/mol. The predicted octanol–water partition coefficient (Wildman–Crippen LogP) is 3.36. The Hall–Kier alpha value is -2.55. The van der Waals surface area contributed by atoms with Crippen molar-refractivity contribution >= 4 is 27.3 Å². The summed E-state index contributed by atoms with van der Waals surface area (Å²) < 4.78 is 42.3. The molecular weight excluding hydrogens is 423 g/mol. The van der Waals surface area contributed by atoms with Gasteiger partial charge in [-0.25, -0.2) is 12.8 Å². The van der Waals surface area contributed by atoms with Crippen molar-refractivity contribution < 1.29 is 17.6 Å². The molecule has 2 heterocycles. The van der Waals surface area contributed by atoms with Crippen LogP contribution >= 0.6 is 11.3 Å². The topological polar surface area (TPSA) is 66.5 Å². The molecule has 1 amide bonds. The van der Waals surface area contributed by atoms with Gasteiger partial charge in [0, 0.05) is 18.0 Å². The highest BCUT2D eigenvalue weighted by Gasteiger charge is 2.32. The molecule has 0 radical (unpaired) electrons. The highest BCUT2D eigenvalue weighted by molar-refractivity contribution is 7.89. The first-order valence-electron chi connectivity index (χ1n) is 9.59. The summed E-state index contributed by atoms with van der Waals surface area (Å²) in [6.07, 6.45) is 0.928. The summed E-state index contributed by atoms with van der Waals surface area (Å²) in [5.74, 6) is -1.16. The maximum absolute atomic E-state index is 14.1. The number of carbonyl (C=O) groups excluding carboxylic acids is 1. The molecule has 4 rings (SSSR count). The van der Waals surface area contributed by atoms with Gasteiger partial charge in [0.15, 0.2) is 0 Å². The van der Waals surface area contributed by atoms with Gasteiger partial charge in [0.1, 0.15) is 16.8 Å². The van der Waals surface area contributed by atoms with Crippen LogP contribution in [0.15, 0.2) is 70.9 Å². The average Bonchev–Trinajstić information content (AvgIpc) is 3.21. The van der Waals surface area contributed by atoms with Crippen molar-refractivity contribution in [1.82, 2.24) is 9.62 Å². The van der Waals surface area contributed by atoms with E-state index < -0.39 is 26.8 Å². The zero-order valence-corrected chi connectivity index (χ0v) is 17.8. The molecule has 1 aromatic heterocycles. The maximum Gasteiger partial charge on any atom is 0.244 e. The zero-order valence-electron chi connectivity index (χ0n) is 16.1. The van der Waals surface area contributed by atoms with Gasteiger partial charge in [-0.1, -0.05) is 42.5 Å². The van der Waals surface area contributed by atoms with E-state index in [0.29, 0.717) is 13.1 Å². The summed E-state index contributed by atoms with van der Waals surface area (Å²) >= 11 is 1.67. The maximum atomic E-state index is 14.1. The van der Waals surface area contributed by atoms with Crippen LogP contribution in [0.1, 0.15) is 16.0 Å². The molecule has 1 aliphatic heterocycles. The number of hydrogen-bond donors (Lipinski definition) is 1. The highest BCUT2D eigenvalue weighted by atomic mass is 32.2. The Morgan fingerprint density at radius 3 is 2.60 bits per heavy atom. The van der Waals surface area contributed by atoms with Crippen molar-refractivity contribution in [3.05, 3.63) is 87.9 Å². The van der Waals surface area contributed by atoms with Gasteiger partial charge in [-0.15, -0.1) is 11.3 Å². The van der Waals surface area contributed by atoms with E-state index in [9.17, 15) is 17.6 Å². The lowest BCUT2D eigenvalue weighted by molar-refractivity contribution is -0.133. The second kappa shape index (κ2) is 8.67. The first-order valence-corrected chi connectivity index (χ1v) is 11.9. The number of fused-ring (bicyclic) bond motifs is 1. The number of hydrogen-bond acceptors (Lipinski definition) is 4. The summed E-state index contributed by atoms with van der Waals surface area (Å²) in [6, 6.07) is 15.3. The van der Waals surface area contributed by atoms with E-state index in [1.54, 1.807) is 16.2 Å². The minimum atomic E-state index is -4.21. The smallest absolute Gasteiger partial charge is 0.244 e. The number of thiophene rings is 1. The molecule has 1 N–H and O–H groups in total. The largest absolute Gasteiger partial charge is 0.337 e. The SMILES string of the molecule is O=C([C@H](Cc1ccccc1)NS(=O)(=O)c1ccccc1F)N1CCc2sccc2C1. The molecule has 1 aliphatic rings. The van der Waals surface area contributed by atoms with Crippen LogP contribution in [0.25, 0.3) is 0 Å². The monoisotopic (exact) mass is 444 g/mol. The van der Waals surface area contributed by atoms with Crippen LogP contribution in [0, 0.1) is 5.82 Å². The molecule has 0 saturated heterocycles. The molecule has 0 fully saturated rings. The third-order valence-corrected chi connectivity index (χ3v) is 7.65. The van der Waals surface area contributed by atoms with Gasteiger partial charge in [-0.3, -0.25) is 4.79 Å². The Bertz CT molecular complexity index is 1150. The molecule has 0 bridgehead atoms. The van der Waals surface area contributed by atoms with Crippen molar-refractivity contribution in [2.75, 3.05) is 6.54 Å². The fraction of sp³-hybridized carbons (Fsp3) is 0.227. The van der Waals surface area contributed by atoms with Gasteiger partial charge in [0.05, 0.1) is 0 Å². The number of nitrogens with one attached hydrogen (secondary N) is 1. The van der Waals surface area contributed by atoms with Crippen LogP contribution in [-0.2, 0) is 34.2 Å². The number of sulfonamides is 1. The van der Waals surface area contributed by atoms with Crippen molar-refractivity contribution in [3.63, 3.8) is 0 Å². The Balaban J connectivity index is 1.61. The Kier molecular flexibility index (Phi) is 5.99. The quantitative estimate of drug-likeness (QED) is 0.634. The van der Waals surface area contributed by atoms with E-state index in [4.69, 9.17) is 0 Å². The molecule has 0 spiro atoms. The van der Waals surface area contributed by atoms with Gasteiger partial charge in [0.2, 0.25) is 15.9 Å². The van der Waals surface area contributed by atoms with Crippen molar-refractivity contribution in [3.8, 4) is 0 Å². The summed E-state index contributed by atoms with van der Waals surface area (Å²) in [7, 11) is -4.21. The lowest BCUT2D eigenvalue weighted by Gasteiger charge is -2.31. The van der Waals surface area contributed by atoms with E-state index in [1.165, 1.54) is 23.1 Å². The average molecular weight is 445 g/mol. The number of benzene rings is 2. The van der Waals surface area contributed by atoms with E-state index in [2.05, 4.69) is 4.72 Å². The van der Waals surface area contributed by atoms with Crippen LogP contribution < -0.4 is 4.72 Å². The molecule has 1 atom stereocenters. The molecule has 0 unspecified atom stereocenters. The normalized spacial score (nSPS) is 14.9. The van der Waals surface area contributed by atoms with E-state index in [0.717, 1.165) is 23.6 Å². The van der Waals surface area contributed by atoms with Crippen molar-refractivity contribution in [2.45, 2.75) is 30.3 Å². The fourth-order valence-electron chi connectivity index (χ4n) is 3.60. The van der Waals surface area contributed by atoms with E-state index in [1.807, 2.05) is 41.8 Å². The number of amides is 1. The van der Waals surface area contributed by atoms with Gasteiger partial charge < -0.3 is 4.90 Å². The number of halogens is 1. The summed E-state index contributed by atoms with van der Waals surface area (Å²) in [4.78, 5) is 15.8. The minimum absolute atomic E-state index is 0.181. The van der Waals surface area contributed by atoms with Gasteiger partial charge in [-0.2, -0.15) is 4.72 Å². The first-order chi connectivity index (χ1) is 14.4. The lowest BCUT2D eigenvalue weighted by atomic mass is 10.0. The summed E-state index contributed by atoms with van der Waals surface area (Å²) in [5, 5.41) is 2.00. The van der Waals surface area contributed by atoms with Crippen LogP contribution in [-0.4, -0.2) is 31.8 Å². The first kappa shape index (κ1) is 20.7. The molecule has 5 nitrogen and oxygen atoms in total. The Morgan fingerprint density at radius 2 is 1.83 bits per heavy atom. The Labute approximate surface area is 179 Å². The molecule has 0 saturated carbocycles. The number of nitrogens with zero attached hydrogens (tertiary/aromatic N) is 1. The third-order valence-electron chi connectivity index (χ3n) is 5.12. The van der Waals surface area contributed by atoms with Gasteiger partial charge in [0.25, 0.3) is 0 Å². The summed E-state index contributed by atoms with van der Waals surface area (Å²) in [5.41, 5.74) is 1.91. The van der Waals surface area contributed by atoms with Gasteiger partial charge >= 0.3 is 0 Å². The van der Waals surface area contributed by atoms with E-state index >= 15 is 0 Å². The van der Waals surface area contributed by atoms with E-state index in [-0.39, 0.29) is 12.3 Å². The molecule has 3 aromatic rings. The van der Waals surface area contributed by atoms with Crippen LogP contribution in [0.5, 0.6) is 0 Å². The fourth-order valence-corrected chi connectivity index (χ4v) is 5.76. The highest BCUT2D eigenvalue weighted by Crippen LogP contribution is 2.25. The van der Waals surface area contributed by atoms with Crippen LogP contribution in [0.4, 0.5) is 4.39 Å². The molecular formula is C22H21FN2O3S2. The number of carbonyl (C=O) groups is 1. The zero-order chi connectivity index (χ0) is 21.1. The standard InChI is InChI=1S/C22H21FN2O3S2/c23-18-8-4-5-9-21(18)30(27,28)24-19(14-16-6-2-1-3-7-16)22(26)25-12-10-20-17(15-25)11-13-29-20/h1-9,11,13,19,24H,10,12,14-15H2/t19-/m0/s1. The molecule has 156 valence electrons. The summed E-state index contributed by atoms with van der Waals surface area (Å²) in [6.45, 7) is 0.976. The van der Waals surface area contributed by atoms with Crippen LogP contribution in [0.2, 0.25) is 0 Å². The second-order valence-corrected chi connectivity index (χ2v) is 9.86.